The van der Waals surface area contributed by atoms with Gasteiger partial charge in [-0.3, -0.25) is 0 Å². The Labute approximate surface area is 125 Å². The maximum atomic E-state index is 13.3. The molecule has 0 bridgehead atoms. The molecule has 3 rings (SSSR count). The Kier molecular flexibility index (Phi) is 4.59. The number of benzene rings is 1. The van der Waals surface area contributed by atoms with E-state index in [-0.39, 0.29) is 5.82 Å². The van der Waals surface area contributed by atoms with Crippen molar-refractivity contribution >= 4 is 11.0 Å². The monoisotopic (exact) mass is 289 g/mol. The lowest BCUT2D eigenvalue weighted by Gasteiger charge is -2.24. The van der Waals surface area contributed by atoms with Gasteiger partial charge in [-0.15, -0.1) is 0 Å². The van der Waals surface area contributed by atoms with E-state index in [0.717, 1.165) is 36.1 Å². The second kappa shape index (κ2) is 6.61. The van der Waals surface area contributed by atoms with Crippen LogP contribution in [0.2, 0.25) is 0 Å². The molecule has 0 radical (unpaired) electrons. The lowest BCUT2D eigenvalue weighted by atomic mass is 9.92. The predicted molar refractivity (Wildman–Crippen MR) is 84.1 cm³/mol. The highest BCUT2D eigenvalue weighted by Crippen LogP contribution is 2.35. The molecule has 0 spiro atoms. The lowest BCUT2D eigenvalue weighted by molar-refractivity contribution is 0.364. The summed E-state index contributed by atoms with van der Waals surface area (Å²) in [6, 6.07) is 7.29. The molecule has 2 atom stereocenters. The molecule has 3 heteroatoms. The average molecular weight is 289 g/mol. The zero-order valence-electron chi connectivity index (χ0n) is 12.7. The van der Waals surface area contributed by atoms with E-state index in [2.05, 4.69) is 12.2 Å². The molecule has 1 saturated carbocycles. The number of hydrogen-bond donors (Lipinski definition) is 1. The summed E-state index contributed by atoms with van der Waals surface area (Å²) in [4.78, 5) is 0. The zero-order valence-corrected chi connectivity index (χ0v) is 12.7. The van der Waals surface area contributed by atoms with E-state index in [9.17, 15) is 4.39 Å². The van der Waals surface area contributed by atoms with Gasteiger partial charge in [0.25, 0.3) is 0 Å². The van der Waals surface area contributed by atoms with Crippen LogP contribution in [0.5, 0.6) is 0 Å². The molecule has 2 unspecified atom stereocenters. The molecule has 1 N–H and O–H groups in total. The Hall–Kier alpha value is -1.35. The fraction of sp³-hybridized carbons (Fsp3) is 0.556. The van der Waals surface area contributed by atoms with Crippen molar-refractivity contribution in [2.45, 2.75) is 57.4 Å². The zero-order chi connectivity index (χ0) is 14.7. The molecule has 1 aliphatic rings. The molecule has 2 nitrogen and oxygen atoms in total. The third kappa shape index (κ3) is 3.29. The van der Waals surface area contributed by atoms with Crippen molar-refractivity contribution < 1.29 is 8.81 Å². The summed E-state index contributed by atoms with van der Waals surface area (Å²) in [6.07, 6.45) is 7.34. The topological polar surface area (TPSA) is 25.2 Å². The van der Waals surface area contributed by atoms with Gasteiger partial charge in [-0.25, -0.2) is 4.39 Å². The highest BCUT2D eigenvalue weighted by molar-refractivity contribution is 5.78. The third-order valence-electron chi connectivity index (χ3n) is 4.54. The van der Waals surface area contributed by atoms with Gasteiger partial charge in [-0.1, -0.05) is 26.2 Å². The Morgan fingerprint density at radius 1 is 1.19 bits per heavy atom. The normalized spacial score (nSPS) is 23.3. The Bertz CT molecular complexity index is 592. The molecule has 1 aliphatic carbocycles. The van der Waals surface area contributed by atoms with Crippen LogP contribution in [0.15, 0.2) is 28.7 Å². The first-order valence-corrected chi connectivity index (χ1v) is 8.20. The molecular weight excluding hydrogens is 265 g/mol. The van der Waals surface area contributed by atoms with Crippen LogP contribution < -0.4 is 5.32 Å². The van der Waals surface area contributed by atoms with E-state index in [0.29, 0.717) is 12.0 Å². The van der Waals surface area contributed by atoms with Crippen LogP contribution in [-0.2, 0) is 0 Å². The summed E-state index contributed by atoms with van der Waals surface area (Å²) < 4.78 is 19.4. The van der Waals surface area contributed by atoms with Crippen molar-refractivity contribution in [1.29, 1.82) is 0 Å². The molecule has 0 saturated heterocycles. The van der Waals surface area contributed by atoms with Crippen LogP contribution >= 0.6 is 0 Å². The van der Waals surface area contributed by atoms with Crippen molar-refractivity contribution in [1.82, 2.24) is 5.32 Å². The van der Waals surface area contributed by atoms with Crippen LogP contribution in [0.3, 0.4) is 0 Å². The first-order chi connectivity index (χ1) is 10.3. The van der Waals surface area contributed by atoms with Crippen LogP contribution in [0.4, 0.5) is 4.39 Å². The smallest absolute Gasteiger partial charge is 0.134 e. The van der Waals surface area contributed by atoms with Gasteiger partial charge in [0.15, 0.2) is 0 Å². The Balaban J connectivity index is 1.88. The summed E-state index contributed by atoms with van der Waals surface area (Å²) in [6.45, 7) is 3.25. The lowest BCUT2D eigenvalue weighted by Crippen LogP contribution is -2.34. The summed E-state index contributed by atoms with van der Waals surface area (Å²) in [5, 5.41) is 4.56. The Morgan fingerprint density at radius 3 is 2.90 bits per heavy atom. The average Bonchev–Trinajstić information content (AvgIpc) is 2.75. The van der Waals surface area contributed by atoms with Crippen molar-refractivity contribution in [3.8, 4) is 0 Å². The van der Waals surface area contributed by atoms with Crippen molar-refractivity contribution in [3.63, 3.8) is 0 Å². The summed E-state index contributed by atoms with van der Waals surface area (Å²) in [5.41, 5.74) is 0.796. The minimum atomic E-state index is -0.198. The van der Waals surface area contributed by atoms with Crippen molar-refractivity contribution in [2.24, 2.45) is 0 Å². The molecular formula is C18H24FNO. The van der Waals surface area contributed by atoms with E-state index in [1.165, 1.54) is 31.7 Å². The molecule has 1 aromatic heterocycles. The van der Waals surface area contributed by atoms with Crippen LogP contribution in [0.25, 0.3) is 11.0 Å². The van der Waals surface area contributed by atoms with E-state index >= 15 is 0 Å². The van der Waals surface area contributed by atoms with Gasteiger partial charge in [-0.05, 0) is 50.1 Å². The second-order valence-corrected chi connectivity index (χ2v) is 6.14. The van der Waals surface area contributed by atoms with Gasteiger partial charge in [0.05, 0.1) is 0 Å². The van der Waals surface area contributed by atoms with Gasteiger partial charge in [-0.2, -0.15) is 0 Å². The molecule has 0 aliphatic heterocycles. The van der Waals surface area contributed by atoms with Crippen LogP contribution in [0, 0.1) is 5.82 Å². The maximum absolute atomic E-state index is 13.3. The second-order valence-electron chi connectivity index (χ2n) is 6.14. The maximum Gasteiger partial charge on any atom is 0.134 e. The van der Waals surface area contributed by atoms with E-state index < -0.39 is 0 Å². The van der Waals surface area contributed by atoms with Crippen molar-refractivity contribution in [3.05, 3.63) is 35.8 Å². The minimum Gasteiger partial charge on any atom is -0.461 e. The molecule has 1 aromatic carbocycles. The molecule has 21 heavy (non-hydrogen) atoms. The molecule has 1 heterocycles. The Morgan fingerprint density at radius 2 is 2.05 bits per heavy atom. The number of furan rings is 1. The quantitative estimate of drug-likeness (QED) is 0.802. The summed E-state index contributed by atoms with van der Waals surface area (Å²) in [5.74, 6) is 1.23. The van der Waals surface area contributed by atoms with E-state index in [1.807, 2.05) is 6.07 Å². The van der Waals surface area contributed by atoms with Gasteiger partial charge in [0.2, 0.25) is 0 Å². The predicted octanol–water partition coefficient (Wildman–Crippen LogP) is 4.99. The fourth-order valence-electron chi connectivity index (χ4n) is 3.44. The highest BCUT2D eigenvalue weighted by atomic mass is 19.1. The SMILES string of the molecule is CCCNC1CCCCCC1c1cc2cc(F)ccc2o1. The molecule has 1 fully saturated rings. The fourth-order valence-corrected chi connectivity index (χ4v) is 3.44. The summed E-state index contributed by atoms with van der Waals surface area (Å²) in [7, 11) is 0. The van der Waals surface area contributed by atoms with Gasteiger partial charge >= 0.3 is 0 Å². The van der Waals surface area contributed by atoms with Gasteiger partial charge in [0.1, 0.15) is 17.2 Å². The largest absolute Gasteiger partial charge is 0.461 e. The number of nitrogens with one attached hydrogen (secondary N) is 1. The van der Waals surface area contributed by atoms with E-state index in [1.54, 1.807) is 12.1 Å². The van der Waals surface area contributed by atoms with E-state index in [4.69, 9.17) is 4.42 Å². The van der Waals surface area contributed by atoms with Crippen molar-refractivity contribution in [2.75, 3.05) is 6.54 Å². The van der Waals surface area contributed by atoms with Gasteiger partial charge in [0, 0.05) is 17.3 Å². The number of hydrogen-bond acceptors (Lipinski definition) is 2. The number of halogens is 1. The minimum absolute atomic E-state index is 0.198. The molecule has 2 aromatic rings. The van der Waals surface area contributed by atoms with Crippen LogP contribution in [0.1, 0.15) is 57.1 Å². The summed E-state index contributed by atoms with van der Waals surface area (Å²) >= 11 is 0. The van der Waals surface area contributed by atoms with Gasteiger partial charge < -0.3 is 9.73 Å². The highest BCUT2D eigenvalue weighted by Gasteiger charge is 2.27. The number of fused-ring (bicyclic) bond motifs is 1. The molecule has 114 valence electrons. The molecule has 0 amide bonds. The third-order valence-corrected chi connectivity index (χ3v) is 4.54. The standard InChI is InChI=1S/C18H24FNO/c1-2-10-20-16-7-5-3-4-6-15(16)18-12-13-11-14(19)8-9-17(13)21-18/h8-9,11-12,15-16,20H,2-7,10H2,1H3. The first-order valence-electron chi connectivity index (χ1n) is 8.20. The van der Waals surface area contributed by atoms with Crippen LogP contribution in [-0.4, -0.2) is 12.6 Å². The number of rotatable bonds is 4. The first kappa shape index (κ1) is 14.6.